The fraction of sp³-hybridized carbons (Fsp3) is 0.929. The summed E-state index contributed by atoms with van der Waals surface area (Å²) in [5, 5.41) is 0. The summed E-state index contributed by atoms with van der Waals surface area (Å²) in [5.74, 6) is 2.23. The van der Waals surface area contributed by atoms with Gasteiger partial charge in [0.2, 0.25) is 0 Å². The van der Waals surface area contributed by atoms with Gasteiger partial charge in [-0.25, -0.2) is 0 Å². The van der Waals surface area contributed by atoms with Gasteiger partial charge in [0.15, 0.2) is 0 Å². The van der Waals surface area contributed by atoms with E-state index in [9.17, 15) is 4.39 Å². The van der Waals surface area contributed by atoms with Gasteiger partial charge in [-0.15, -0.1) is 0 Å². The summed E-state index contributed by atoms with van der Waals surface area (Å²) in [5.41, 5.74) is 0. The smallest absolute Gasteiger partial charge is 0.0902 e. The van der Waals surface area contributed by atoms with E-state index in [1.807, 2.05) is 11.8 Å². The molecular formula is C14H28FS. The second-order valence-electron chi connectivity index (χ2n) is 4.34. The van der Waals surface area contributed by atoms with E-state index in [-0.39, 0.29) is 6.67 Å². The van der Waals surface area contributed by atoms with Crippen molar-refractivity contribution in [2.24, 2.45) is 0 Å². The van der Waals surface area contributed by atoms with Gasteiger partial charge in [0.1, 0.15) is 0 Å². The molecule has 0 fully saturated rings. The number of unbranched alkanes of at least 4 members (excludes halogenated alkanes) is 8. The first kappa shape index (κ1) is 16.3. The van der Waals surface area contributed by atoms with Crippen LogP contribution in [0.3, 0.4) is 0 Å². The zero-order valence-electron chi connectivity index (χ0n) is 10.7. The molecule has 0 rings (SSSR count). The molecule has 0 bridgehead atoms. The first-order chi connectivity index (χ1) is 7.91. The largest absolute Gasteiger partial charge is 0.251 e. The normalized spacial score (nSPS) is 10.9. The minimum Gasteiger partial charge on any atom is -0.251 e. The van der Waals surface area contributed by atoms with Crippen LogP contribution < -0.4 is 0 Å². The lowest BCUT2D eigenvalue weighted by molar-refractivity contribution is 0.489. The second kappa shape index (κ2) is 15.3. The molecule has 0 spiro atoms. The minimum atomic E-state index is -0.153. The zero-order chi connectivity index (χ0) is 11.9. The number of thioether (sulfide) groups is 1. The number of halogens is 1. The van der Waals surface area contributed by atoms with Crippen LogP contribution in [-0.4, -0.2) is 18.2 Å². The van der Waals surface area contributed by atoms with Gasteiger partial charge in [0, 0.05) is 0 Å². The molecule has 0 saturated heterocycles. The van der Waals surface area contributed by atoms with Gasteiger partial charge in [0.25, 0.3) is 0 Å². The molecule has 0 aromatic rings. The van der Waals surface area contributed by atoms with Crippen LogP contribution in [-0.2, 0) is 0 Å². The van der Waals surface area contributed by atoms with Crippen molar-refractivity contribution in [1.82, 2.24) is 0 Å². The molecule has 0 heterocycles. The van der Waals surface area contributed by atoms with E-state index < -0.39 is 0 Å². The number of hydrogen-bond donors (Lipinski definition) is 0. The van der Waals surface area contributed by atoms with Crippen molar-refractivity contribution in [1.29, 1.82) is 0 Å². The Morgan fingerprint density at radius 1 is 0.688 bits per heavy atom. The van der Waals surface area contributed by atoms with Gasteiger partial charge in [-0.3, -0.25) is 4.39 Å². The average Bonchev–Trinajstić information content (AvgIpc) is 2.31. The van der Waals surface area contributed by atoms with Crippen LogP contribution in [0.4, 0.5) is 4.39 Å². The highest BCUT2D eigenvalue weighted by atomic mass is 32.2. The van der Waals surface area contributed by atoms with Gasteiger partial charge in [-0.05, 0) is 24.3 Å². The topological polar surface area (TPSA) is 0 Å². The van der Waals surface area contributed by atoms with Crippen LogP contribution in [0.2, 0.25) is 0 Å². The molecule has 0 aliphatic heterocycles. The maximum atomic E-state index is 11.8. The molecule has 97 valence electrons. The standard InChI is InChI=1S/C14H28FS/c1-2-3-4-5-6-7-8-9-10-13-16-14-11-12-15/h1-14H2. The lowest BCUT2D eigenvalue weighted by atomic mass is 10.1. The molecule has 0 aliphatic carbocycles. The van der Waals surface area contributed by atoms with Crippen molar-refractivity contribution in [3.63, 3.8) is 0 Å². The van der Waals surface area contributed by atoms with Crippen LogP contribution in [0.15, 0.2) is 0 Å². The van der Waals surface area contributed by atoms with Crippen molar-refractivity contribution in [3.05, 3.63) is 6.92 Å². The molecule has 0 aromatic carbocycles. The van der Waals surface area contributed by atoms with E-state index in [1.54, 1.807) is 0 Å². The van der Waals surface area contributed by atoms with Crippen LogP contribution in [0, 0.1) is 6.92 Å². The molecule has 0 atom stereocenters. The van der Waals surface area contributed by atoms with E-state index in [1.165, 1.54) is 57.1 Å². The Hall–Kier alpha value is 0.280. The Morgan fingerprint density at radius 3 is 1.75 bits per heavy atom. The van der Waals surface area contributed by atoms with Crippen molar-refractivity contribution in [3.8, 4) is 0 Å². The van der Waals surface area contributed by atoms with E-state index in [4.69, 9.17) is 0 Å². The van der Waals surface area contributed by atoms with Gasteiger partial charge < -0.3 is 0 Å². The molecule has 0 amide bonds. The van der Waals surface area contributed by atoms with E-state index in [0.29, 0.717) is 0 Å². The lowest BCUT2D eigenvalue weighted by Crippen LogP contribution is -1.86. The first-order valence-corrected chi connectivity index (χ1v) is 8.00. The molecule has 0 nitrogen and oxygen atoms in total. The predicted octanol–water partition coefficient (Wildman–Crippen LogP) is 5.42. The van der Waals surface area contributed by atoms with Crippen LogP contribution in [0.5, 0.6) is 0 Å². The van der Waals surface area contributed by atoms with E-state index in [2.05, 4.69) is 6.92 Å². The molecular weight excluding hydrogens is 219 g/mol. The van der Waals surface area contributed by atoms with Crippen molar-refractivity contribution in [2.75, 3.05) is 18.2 Å². The van der Waals surface area contributed by atoms with Crippen molar-refractivity contribution < 1.29 is 4.39 Å². The van der Waals surface area contributed by atoms with E-state index >= 15 is 0 Å². The Bertz CT molecular complexity index is 103. The number of hydrogen-bond acceptors (Lipinski definition) is 1. The quantitative estimate of drug-likeness (QED) is 0.391. The summed E-state index contributed by atoms with van der Waals surface area (Å²) in [4.78, 5) is 0. The summed E-state index contributed by atoms with van der Waals surface area (Å²) >= 11 is 1.91. The molecule has 0 aromatic heterocycles. The number of alkyl halides is 1. The Morgan fingerprint density at radius 2 is 1.19 bits per heavy atom. The van der Waals surface area contributed by atoms with Gasteiger partial charge >= 0.3 is 0 Å². The summed E-state index contributed by atoms with van der Waals surface area (Å²) in [6.45, 7) is 3.70. The maximum absolute atomic E-state index is 11.8. The third kappa shape index (κ3) is 14.3. The molecule has 0 saturated carbocycles. The SMILES string of the molecule is [CH2]CCCCCCCCCCSCCCF. The monoisotopic (exact) mass is 247 g/mol. The third-order valence-corrected chi connectivity index (χ3v) is 3.87. The molecule has 0 unspecified atom stereocenters. The Balaban J connectivity index is 2.83. The molecule has 2 heteroatoms. The van der Waals surface area contributed by atoms with E-state index in [0.717, 1.165) is 18.6 Å². The summed E-state index contributed by atoms with van der Waals surface area (Å²) in [6, 6.07) is 0. The molecule has 0 aliphatic rings. The highest BCUT2D eigenvalue weighted by Crippen LogP contribution is 2.12. The zero-order valence-corrected chi connectivity index (χ0v) is 11.5. The highest BCUT2D eigenvalue weighted by Gasteiger charge is 1.93. The first-order valence-electron chi connectivity index (χ1n) is 6.84. The fourth-order valence-corrected chi connectivity index (χ4v) is 2.63. The van der Waals surface area contributed by atoms with Gasteiger partial charge in [0.05, 0.1) is 6.67 Å². The number of rotatable bonds is 13. The second-order valence-corrected chi connectivity index (χ2v) is 5.56. The predicted molar refractivity (Wildman–Crippen MR) is 74.8 cm³/mol. The van der Waals surface area contributed by atoms with Gasteiger partial charge in [-0.2, -0.15) is 11.8 Å². The Kier molecular flexibility index (Phi) is 15.5. The molecule has 16 heavy (non-hydrogen) atoms. The summed E-state index contributed by atoms with van der Waals surface area (Å²) < 4.78 is 11.8. The van der Waals surface area contributed by atoms with Crippen molar-refractivity contribution in [2.45, 2.75) is 64.2 Å². The fourth-order valence-electron chi connectivity index (χ4n) is 1.70. The maximum Gasteiger partial charge on any atom is 0.0902 e. The molecule has 0 N–H and O–H groups in total. The van der Waals surface area contributed by atoms with Crippen LogP contribution >= 0.6 is 11.8 Å². The Labute approximate surface area is 106 Å². The summed E-state index contributed by atoms with van der Waals surface area (Å²) in [6.07, 6.45) is 12.7. The third-order valence-electron chi connectivity index (χ3n) is 2.71. The summed E-state index contributed by atoms with van der Waals surface area (Å²) in [7, 11) is 0. The van der Waals surface area contributed by atoms with Crippen molar-refractivity contribution >= 4 is 11.8 Å². The lowest BCUT2D eigenvalue weighted by Gasteiger charge is -2.02. The molecule has 1 radical (unpaired) electrons. The average molecular weight is 247 g/mol. The van der Waals surface area contributed by atoms with Crippen LogP contribution in [0.25, 0.3) is 0 Å². The minimum absolute atomic E-state index is 0.153. The van der Waals surface area contributed by atoms with Gasteiger partial charge in [-0.1, -0.05) is 58.3 Å². The van der Waals surface area contributed by atoms with Crippen LogP contribution in [0.1, 0.15) is 64.2 Å². The highest BCUT2D eigenvalue weighted by molar-refractivity contribution is 7.99.